The summed E-state index contributed by atoms with van der Waals surface area (Å²) < 4.78 is 0. The minimum absolute atomic E-state index is 1.10. The molecule has 51 heavy (non-hydrogen) atoms. The summed E-state index contributed by atoms with van der Waals surface area (Å²) in [5.41, 5.74) is 13.0. The highest BCUT2D eigenvalue weighted by Crippen LogP contribution is 2.49. The van der Waals surface area contributed by atoms with Crippen molar-refractivity contribution in [2.75, 3.05) is 4.90 Å². The number of anilines is 3. The SMILES string of the molecule is c1ccc(-c2ccc(-c3ccc(N(c4cccc(-c5ccccc5)c4)c4c(-c5ccccc5)c5ccccc5c5ccccc45)cc3)cc2)cc1. The lowest BCUT2D eigenvalue weighted by molar-refractivity contribution is 1.30. The highest BCUT2D eigenvalue weighted by atomic mass is 15.1. The van der Waals surface area contributed by atoms with Crippen molar-refractivity contribution in [2.45, 2.75) is 0 Å². The van der Waals surface area contributed by atoms with Crippen LogP contribution in [-0.4, -0.2) is 0 Å². The van der Waals surface area contributed by atoms with Crippen LogP contribution in [0.15, 0.2) is 212 Å². The van der Waals surface area contributed by atoms with Gasteiger partial charge in [-0.3, -0.25) is 0 Å². The van der Waals surface area contributed by atoms with E-state index in [1.165, 1.54) is 71.7 Å². The topological polar surface area (TPSA) is 3.24 Å². The summed E-state index contributed by atoms with van der Waals surface area (Å²) in [5, 5.41) is 4.93. The van der Waals surface area contributed by atoms with E-state index in [1.54, 1.807) is 0 Å². The molecule has 9 aromatic carbocycles. The average Bonchev–Trinajstić information content (AvgIpc) is 3.22. The molecule has 9 rings (SSSR count). The molecule has 0 atom stereocenters. The van der Waals surface area contributed by atoms with E-state index in [4.69, 9.17) is 0 Å². The highest BCUT2D eigenvalue weighted by Gasteiger charge is 2.23. The zero-order chi connectivity index (χ0) is 34.0. The Morgan fingerprint density at radius 1 is 0.235 bits per heavy atom. The van der Waals surface area contributed by atoms with E-state index >= 15 is 0 Å². The molecule has 0 amide bonds. The maximum Gasteiger partial charge on any atom is 0.0624 e. The van der Waals surface area contributed by atoms with Gasteiger partial charge >= 0.3 is 0 Å². The zero-order valence-corrected chi connectivity index (χ0v) is 28.2. The van der Waals surface area contributed by atoms with Gasteiger partial charge in [-0.25, -0.2) is 0 Å². The van der Waals surface area contributed by atoms with E-state index in [0.717, 1.165) is 11.4 Å². The van der Waals surface area contributed by atoms with Gasteiger partial charge in [0.15, 0.2) is 0 Å². The Labute approximate surface area is 299 Å². The van der Waals surface area contributed by atoms with Gasteiger partial charge in [-0.15, -0.1) is 0 Å². The summed E-state index contributed by atoms with van der Waals surface area (Å²) in [6.45, 7) is 0. The van der Waals surface area contributed by atoms with Crippen LogP contribution < -0.4 is 4.90 Å². The first kappa shape index (κ1) is 30.4. The molecule has 0 saturated heterocycles. The fraction of sp³-hybridized carbons (Fsp3) is 0. The monoisotopic (exact) mass is 649 g/mol. The molecule has 0 N–H and O–H groups in total. The lowest BCUT2D eigenvalue weighted by Crippen LogP contribution is -2.12. The van der Waals surface area contributed by atoms with E-state index in [2.05, 4.69) is 217 Å². The van der Waals surface area contributed by atoms with Gasteiger partial charge in [0, 0.05) is 22.3 Å². The summed E-state index contributed by atoms with van der Waals surface area (Å²) in [5.74, 6) is 0. The molecule has 0 radical (unpaired) electrons. The van der Waals surface area contributed by atoms with Crippen LogP contribution in [0.25, 0.3) is 66.1 Å². The van der Waals surface area contributed by atoms with Crippen LogP contribution >= 0.6 is 0 Å². The van der Waals surface area contributed by atoms with Crippen LogP contribution in [0, 0.1) is 0 Å². The van der Waals surface area contributed by atoms with Gasteiger partial charge in [0.2, 0.25) is 0 Å². The highest BCUT2D eigenvalue weighted by molar-refractivity contribution is 6.22. The largest absolute Gasteiger partial charge is 0.309 e. The predicted octanol–water partition coefficient (Wildman–Crippen LogP) is 14.1. The minimum atomic E-state index is 1.10. The van der Waals surface area contributed by atoms with Crippen molar-refractivity contribution < 1.29 is 0 Å². The van der Waals surface area contributed by atoms with Crippen LogP contribution in [0.1, 0.15) is 0 Å². The van der Waals surface area contributed by atoms with E-state index in [0.29, 0.717) is 0 Å². The standard InChI is InChI=1S/C50H35N/c1-4-15-36(16-5-1)38-27-29-39(30-28-38)40-31-33-43(34-32-40)51(44-22-14-21-42(35-44)37-17-6-2-7-18-37)50-48-26-13-11-24-46(48)45-23-10-12-25-47(45)49(50)41-19-8-3-9-20-41/h1-35H. The normalized spacial score (nSPS) is 11.1. The molecule has 0 aromatic heterocycles. The number of fused-ring (bicyclic) bond motifs is 3. The van der Waals surface area contributed by atoms with Crippen LogP contribution in [0.4, 0.5) is 17.1 Å². The quantitative estimate of drug-likeness (QED) is 0.155. The molecular formula is C50H35N. The van der Waals surface area contributed by atoms with Crippen LogP contribution in [0.5, 0.6) is 0 Å². The fourth-order valence-electron chi connectivity index (χ4n) is 7.40. The lowest BCUT2D eigenvalue weighted by atomic mass is 9.90. The molecule has 0 spiro atoms. The van der Waals surface area contributed by atoms with Crippen molar-refractivity contribution in [1.82, 2.24) is 0 Å². The lowest BCUT2D eigenvalue weighted by Gasteiger charge is -2.31. The van der Waals surface area contributed by atoms with Crippen molar-refractivity contribution in [3.63, 3.8) is 0 Å². The third-order valence-electron chi connectivity index (χ3n) is 9.85. The molecule has 0 aliphatic carbocycles. The third-order valence-corrected chi connectivity index (χ3v) is 9.85. The van der Waals surface area contributed by atoms with Gasteiger partial charge in [0.05, 0.1) is 5.69 Å². The Hall–Kier alpha value is -6.70. The Balaban J connectivity index is 1.27. The Morgan fingerprint density at radius 3 is 1.20 bits per heavy atom. The maximum absolute atomic E-state index is 2.46. The zero-order valence-electron chi connectivity index (χ0n) is 28.2. The molecular weight excluding hydrogens is 615 g/mol. The average molecular weight is 650 g/mol. The first-order valence-electron chi connectivity index (χ1n) is 17.5. The van der Waals surface area contributed by atoms with Crippen LogP contribution in [0.2, 0.25) is 0 Å². The van der Waals surface area contributed by atoms with E-state index in [9.17, 15) is 0 Å². The first-order chi connectivity index (χ1) is 25.3. The van der Waals surface area contributed by atoms with Gasteiger partial charge in [-0.1, -0.05) is 188 Å². The van der Waals surface area contributed by atoms with Crippen molar-refractivity contribution in [3.8, 4) is 44.5 Å². The van der Waals surface area contributed by atoms with Crippen molar-refractivity contribution in [1.29, 1.82) is 0 Å². The Bertz CT molecular complexity index is 2590. The molecule has 0 bridgehead atoms. The van der Waals surface area contributed by atoms with Gasteiger partial charge in [0.1, 0.15) is 0 Å². The molecule has 1 nitrogen and oxygen atoms in total. The van der Waals surface area contributed by atoms with Gasteiger partial charge in [-0.2, -0.15) is 0 Å². The molecule has 1 heteroatoms. The summed E-state index contributed by atoms with van der Waals surface area (Å²) >= 11 is 0. The van der Waals surface area contributed by atoms with Crippen molar-refractivity contribution in [3.05, 3.63) is 212 Å². The number of rotatable bonds is 7. The van der Waals surface area contributed by atoms with E-state index in [-0.39, 0.29) is 0 Å². The second kappa shape index (κ2) is 13.3. The molecule has 0 fully saturated rings. The number of benzene rings is 9. The summed E-state index contributed by atoms with van der Waals surface area (Å²) in [6, 6.07) is 76.6. The van der Waals surface area contributed by atoms with Crippen LogP contribution in [0.3, 0.4) is 0 Å². The molecule has 0 heterocycles. The fourth-order valence-corrected chi connectivity index (χ4v) is 7.40. The van der Waals surface area contributed by atoms with Crippen molar-refractivity contribution >= 4 is 38.6 Å². The predicted molar refractivity (Wildman–Crippen MR) is 218 cm³/mol. The van der Waals surface area contributed by atoms with Gasteiger partial charge in [-0.05, 0) is 79.4 Å². The smallest absolute Gasteiger partial charge is 0.0624 e. The molecule has 0 aliphatic heterocycles. The third kappa shape index (κ3) is 5.75. The first-order valence-corrected chi connectivity index (χ1v) is 17.5. The number of nitrogens with zero attached hydrogens (tertiary/aromatic N) is 1. The summed E-state index contributed by atoms with van der Waals surface area (Å²) in [4.78, 5) is 2.46. The number of hydrogen-bond acceptors (Lipinski definition) is 1. The van der Waals surface area contributed by atoms with Crippen molar-refractivity contribution in [2.24, 2.45) is 0 Å². The van der Waals surface area contributed by atoms with Gasteiger partial charge in [0.25, 0.3) is 0 Å². The summed E-state index contributed by atoms with van der Waals surface area (Å²) in [6.07, 6.45) is 0. The van der Waals surface area contributed by atoms with Gasteiger partial charge < -0.3 is 4.90 Å². The molecule has 0 aliphatic rings. The Kier molecular flexibility index (Phi) is 7.92. The summed E-state index contributed by atoms with van der Waals surface area (Å²) in [7, 11) is 0. The minimum Gasteiger partial charge on any atom is -0.309 e. The van der Waals surface area contributed by atoms with E-state index < -0.39 is 0 Å². The second-order valence-electron chi connectivity index (χ2n) is 12.9. The maximum atomic E-state index is 2.46. The second-order valence-corrected chi connectivity index (χ2v) is 12.9. The van der Waals surface area contributed by atoms with Crippen LogP contribution in [-0.2, 0) is 0 Å². The number of hydrogen-bond donors (Lipinski definition) is 0. The van der Waals surface area contributed by atoms with E-state index in [1.807, 2.05) is 0 Å². The Morgan fingerprint density at radius 2 is 0.627 bits per heavy atom. The molecule has 9 aromatic rings. The molecule has 0 saturated carbocycles. The molecule has 0 unspecified atom stereocenters. The molecule has 240 valence electrons.